The summed E-state index contributed by atoms with van der Waals surface area (Å²) in [6, 6.07) is 6.32. The maximum absolute atomic E-state index is 5.47. The van der Waals surface area contributed by atoms with Gasteiger partial charge in [0.2, 0.25) is 0 Å². The van der Waals surface area contributed by atoms with E-state index in [1.807, 2.05) is 0 Å². The van der Waals surface area contributed by atoms with E-state index in [9.17, 15) is 0 Å². The minimum absolute atomic E-state index is 0.782. The minimum atomic E-state index is 0.782. The van der Waals surface area contributed by atoms with E-state index in [1.165, 1.54) is 16.7 Å². The van der Waals surface area contributed by atoms with Gasteiger partial charge in [-0.3, -0.25) is 0 Å². The van der Waals surface area contributed by atoms with E-state index in [-0.39, 0.29) is 0 Å². The monoisotopic (exact) mass is 292 g/mol. The summed E-state index contributed by atoms with van der Waals surface area (Å²) in [6.07, 6.45) is 0.933. The summed E-state index contributed by atoms with van der Waals surface area (Å²) in [5.41, 5.74) is 4.76. The highest BCUT2D eigenvalue weighted by atomic mass is 79.9. The minimum Gasteiger partial charge on any atom is -0.356 e. The molecule has 0 saturated heterocycles. The normalized spacial score (nSPS) is 12.6. The number of benzene rings is 1. The zero-order valence-corrected chi connectivity index (χ0v) is 11.2. The van der Waals surface area contributed by atoms with E-state index in [0.717, 1.165) is 35.4 Å². The van der Waals surface area contributed by atoms with Crippen LogP contribution >= 0.6 is 15.9 Å². The molecule has 0 radical (unpaired) electrons. The van der Waals surface area contributed by atoms with Gasteiger partial charge >= 0.3 is 0 Å². The molecule has 88 valence electrons. The Labute approximate surface area is 108 Å². The van der Waals surface area contributed by atoms with Crippen molar-refractivity contribution in [2.24, 2.45) is 0 Å². The van der Waals surface area contributed by atoms with Gasteiger partial charge in [-0.05, 0) is 24.2 Å². The molecule has 1 aromatic heterocycles. The molecule has 4 heteroatoms. The van der Waals surface area contributed by atoms with E-state index in [4.69, 9.17) is 4.52 Å². The Hall–Kier alpha value is -1.13. The molecule has 2 aromatic rings. The molecule has 0 spiro atoms. The van der Waals surface area contributed by atoms with E-state index in [0.29, 0.717) is 0 Å². The van der Waals surface area contributed by atoms with Crippen LogP contribution in [-0.2, 0) is 13.0 Å². The largest absolute Gasteiger partial charge is 0.356 e. The Kier molecular flexibility index (Phi) is 2.76. The highest BCUT2D eigenvalue weighted by molar-refractivity contribution is 9.10. The van der Waals surface area contributed by atoms with Gasteiger partial charge < -0.3 is 9.84 Å². The molecular weight excluding hydrogens is 280 g/mol. The highest BCUT2D eigenvalue weighted by Crippen LogP contribution is 2.39. The molecule has 0 fully saturated rings. The third-order valence-electron chi connectivity index (χ3n) is 3.10. The molecule has 0 bridgehead atoms. The van der Waals surface area contributed by atoms with Crippen LogP contribution < -0.4 is 5.32 Å². The van der Waals surface area contributed by atoms with Crippen molar-refractivity contribution in [3.63, 3.8) is 0 Å². The average molecular weight is 293 g/mol. The van der Waals surface area contributed by atoms with E-state index >= 15 is 0 Å². The second-order valence-electron chi connectivity index (χ2n) is 4.20. The van der Waals surface area contributed by atoms with Crippen LogP contribution in [0, 0.1) is 0 Å². The number of hydrogen-bond donors (Lipinski definition) is 1. The van der Waals surface area contributed by atoms with Gasteiger partial charge in [0.05, 0.1) is 0 Å². The number of nitrogens with zero attached hydrogens (tertiary/aromatic N) is 1. The van der Waals surface area contributed by atoms with Crippen molar-refractivity contribution in [2.75, 3.05) is 6.54 Å². The molecule has 0 atom stereocenters. The molecule has 1 aliphatic carbocycles. The quantitative estimate of drug-likeness (QED) is 0.806. The lowest BCUT2D eigenvalue weighted by Gasteiger charge is -1.99. The lowest BCUT2D eigenvalue weighted by atomic mass is 10.1. The van der Waals surface area contributed by atoms with Crippen LogP contribution in [0.25, 0.3) is 11.3 Å². The summed E-state index contributed by atoms with van der Waals surface area (Å²) >= 11 is 3.49. The number of fused-ring (bicyclic) bond motifs is 3. The fourth-order valence-electron chi connectivity index (χ4n) is 2.22. The fraction of sp³-hybridized carbons (Fsp3) is 0.308. The van der Waals surface area contributed by atoms with Crippen molar-refractivity contribution in [1.29, 1.82) is 0 Å². The number of aromatic nitrogens is 1. The topological polar surface area (TPSA) is 38.1 Å². The first-order valence-corrected chi connectivity index (χ1v) is 6.56. The lowest BCUT2D eigenvalue weighted by molar-refractivity contribution is 0.420. The third-order valence-corrected chi connectivity index (χ3v) is 3.59. The Balaban J connectivity index is 2.00. The number of halogens is 1. The van der Waals surface area contributed by atoms with E-state index in [1.54, 1.807) is 0 Å². The van der Waals surface area contributed by atoms with Crippen molar-refractivity contribution in [3.05, 3.63) is 39.5 Å². The van der Waals surface area contributed by atoms with Crippen LogP contribution in [0.5, 0.6) is 0 Å². The van der Waals surface area contributed by atoms with Crippen molar-refractivity contribution >= 4 is 15.9 Å². The van der Waals surface area contributed by atoms with E-state index in [2.05, 4.69) is 51.5 Å². The van der Waals surface area contributed by atoms with Crippen LogP contribution in [0.2, 0.25) is 0 Å². The predicted molar refractivity (Wildman–Crippen MR) is 69.8 cm³/mol. The van der Waals surface area contributed by atoms with Crippen LogP contribution in [0.4, 0.5) is 0 Å². The molecule has 0 aliphatic heterocycles. The van der Waals surface area contributed by atoms with Crippen LogP contribution in [0.1, 0.15) is 23.7 Å². The Bertz CT molecular complexity index is 563. The zero-order valence-electron chi connectivity index (χ0n) is 9.59. The fourth-order valence-corrected chi connectivity index (χ4v) is 2.58. The van der Waals surface area contributed by atoms with Crippen molar-refractivity contribution in [3.8, 4) is 11.3 Å². The molecule has 3 nitrogen and oxygen atoms in total. The van der Waals surface area contributed by atoms with Gasteiger partial charge in [0.15, 0.2) is 5.76 Å². The maximum Gasteiger partial charge on any atom is 0.171 e. The third kappa shape index (κ3) is 1.81. The molecule has 0 unspecified atom stereocenters. The molecule has 3 rings (SSSR count). The molecule has 17 heavy (non-hydrogen) atoms. The lowest BCUT2D eigenvalue weighted by Crippen LogP contribution is -2.13. The predicted octanol–water partition coefficient (Wildman–Crippen LogP) is 3.12. The van der Waals surface area contributed by atoms with Crippen LogP contribution in [0.15, 0.2) is 27.2 Å². The molecular formula is C13H13BrN2O. The molecule has 0 saturated carbocycles. The Morgan fingerprint density at radius 3 is 3.18 bits per heavy atom. The molecule has 1 aliphatic rings. The number of nitrogens with one attached hydrogen (secondary N) is 1. The van der Waals surface area contributed by atoms with Crippen molar-refractivity contribution in [2.45, 2.75) is 19.9 Å². The standard InChI is InChI=1S/C13H13BrN2O/c1-2-15-7-12-11-5-8-3-4-9(14)6-10(8)13(11)17-16-12/h3-4,6,15H,2,5,7H2,1H3. The summed E-state index contributed by atoms with van der Waals surface area (Å²) in [6.45, 7) is 3.82. The highest BCUT2D eigenvalue weighted by Gasteiger charge is 2.26. The first-order valence-electron chi connectivity index (χ1n) is 5.76. The van der Waals surface area contributed by atoms with Gasteiger partial charge in [0, 0.05) is 28.6 Å². The molecule has 0 amide bonds. The first kappa shape index (κ1) is 11.0. The van der Waals surface area contributed by atoms with Crippen LogP contribution in [0.3, 0.4) is 0 Å². The maximum atomic E-state index is 5.47. The smallest absolute Gasteiger partial charge is 0.171 e. The van der Waals surface area contributed by atoms with Gasteiger partial charge in [-0.2, -0.15) is 0 Å². The summed E-state index contributed by atoms with van der Waals surface area (Å²) in [4.78, 5) is 0. The second-order valence-corrected chi connectivity index (χ2v) is 5.11. The summed E-state index contributed by atoms with van der Waals surface area (Å²) in [5, 5.41) is 7.44. The summed E-state index contributed by atoms with van der Waals surface area (Å²) < 4.78 is 6.55. The summed E-state index contributed by atoms with van der Waals surface area (Å²) in [5.74, 6) is 0.939. The molecule has 1 N–H and O–H groups in total. The van der Waals surface area contributed by atoms with Crippen LogP contribution in [-0.4, -0.2) is 11.7 Å². The zero-order chi connectivity index (χ0) is 11.8. The number of hydrogen-bond acceptors (Lipinski definition) is 3. The second kappa shape index (κ2) is 4.27. The SMILES string of the molecule is CCNCc1noc2c1Cc1ccc(Br)cc1-2. The first-order chi connectivity index (χ1) is 8.29. The average Bonchev–Trinajstić information content (AvgIpc) is 2.86. The van der Waals surface area contributed by atoms with Gasteiger partial charge in [-0.15, -0.1) is 0 Å². The van der Waals surface area contributed by atoms with E-state index < -0.39 is 0 Å². The van der Waals surface area contributed by atoms with Gasteiger partial charge in [-0.1, -0.05) is 34.1 Å². The molecule has 1 aromatic carbocycles. The van der Waals surface area contributed by atoms with Gasteiger partial charge in [0.1, 0.15) is 5.69 Å². The Morgan fingerprint density at radius 1 is 1.47 bits per heavy atom. The molecule has 1 heterocycles. The van der Waals surface area contributed by atoms with Gasteiger partial charge in [0.25, 0.3) is 0 Å². The van der Waals surface area contributed by atoms with Crippen molar-refractivity contribution < 1.29 is 4.52 Å². The van der Waals surface area contributed by atoms with Gasteiger partial charge in [-0.25, -0.2) is 0 Å². The van der Waals surface area contributed by atoms with Crippen molar-refractivity contribution in [1.82, 2.24) is 10.5 Å². The summed E-state index contributed by atoms with van der Waals surface area (Å²) in [7, 11) is 0. The number of rotatable bonds is 3. The Morgan fingerprint density at radius 2 is 2.35 bits per heavy atom.